The molecule has 1 aliphatic heterocycles. The summed E-state index contributed by atoms with van der Waals surface area (Å²) < 4.78 is 0. The molecule has 3 rings (SSSR count). The van der Waals surface area contributed by atoms with E-state index in [9.17, 15) is 0 Å². The first-order chi connectivity index (χ1) is 7.63. The first-order valence-electron chi connectivity index (χ1n) is 5.81. The van der Waals surface area contributed by atoms with Crippen LogP contribution in [0.2, 0.25) is 0 Å². The Kier molecular flexibility index (Phi) is 1.93. The number of benzene rings is 1. The van der Waals surface area contributed by atoms with Crippen molar-refractivity contribution >= 4 is 16.7 Å². The number of pyridine rings is 1. The number of hydrogen-bond acceptors (Lipinski definition) is 2. The van der Waals surface area contributed by atoms with E-state index in [0.29, 0.717) is 6.04 Å². The monoisotopic (exact) mass is 212 g/mol. The fourth-order valence-corrected chi connectivity index (χ4v) is 2.59. The Balaban J connectivity index is 2.30. The van der Waals surface area contributed by atoms with Gasteiger partial charge in [0.2, 0.25) is 0 Å². The largest absolute Gasteiger partial charge is 0.367 e. The van der Waals surface area contributed by atoms with Gasteiger partial charge in [-0.15, -0.1) is 0 Å². The Labute approximate surface area is 95.7 Å². The van der Waals surface area contributed by atoms with Crippen LogP contribution in [0.15, 0.2) is 18.2 Å². The molecule has 82 valence electrons. The van der Waals surface area contributed by atoms with E-state index in [2.05, 4.69) is 44.3 Å². The first-order valence-corrected chi connectivity index (χ1v) is 5.81. The van der Waals surface area contributed by atoms with Crippen molar-refractivity contribution in [1.29, 1.82) is 0 Å². The van der Waals surface area contributed by atoms with Gasteiger partial charge in [-0.05, 0) is 50.5 Å². The van der Waals surface area contributed by atoms with Crippen LogP contribution in [-0.4, -0.2) is 11.0 Å². The minimum absolute atomic E-state index is 0.515. The van der Waals surface area contributed by atoms with Gasteiger partial charge in [0, 0.05) is 11.4 Å². The van der Waals surface area contributed by atoms with Crippen molar-refractivity contribution in [3.05, 3.63) is 34.9 Å². The van der Waals surface area contributed by atoms with Crippen molar-refractivity contribution in [1.82, 2.24) is 4.98 Å². The predicted molar refractivity (Wildman–Crippen MR) is 68.0 cm³/mol. The van der Waals surface area contributed by atoms with Crippen LogP contribution < -0.4 is 5.32 Å². The summed E-state index contributed by atoms with van der Waals surface area (Å²) in [6, 6.07) is 7.22. The van der Waals surface area contributed by atoms with Crippen LogP contribution in [0.3, 0.4) is 0 Å². The van der Waals surface area contributed by atoms with Gasteiger partial charge in [0.15, 0.2) is 0 Å². The van der Waals surface area contributed by atoms with Crippen LogP contribution in [-0.2, 0) is 6.42 Å². The Bertz CT molecular complexity index is 572. The van der Waals surface area contributed by atoms with E-state index in [4.69, 9.17) is 4.98 Å². The molecule has 1 atom stereocenters. The van der Waals surface area contributed by atoms with E-state index in [1.165, 1.54) is 22.1 Å². The van der Waals surface area contributed by atoms with E-state index < -0.39 is 0 Å². The number of nitrogens with zero attached hydrogens (tertiary/aromatic N) is 1. The minimum atomic E-state index is 0.515. The lowest BCUT2D eigenvalue weighted by atomic mass is 10.0. The molecule has 1 aromatic heterocycles. The highest BCUT2D eigenvalue weighted by atomic mass is 15.0. The van der Waals surface area contributed by atoms with Gasteiger partial charge in [-0.3, -0.25) is 0 Å². The third-order valence-electron chi connectivity index (χ3n) is 3.24. The molecule has 0 fully saturated rings. The van der Waals surface area contributed by atoms with Gasteiger partial charge in [-0.1, -0.05) is 11.6 Å². The molecule has 2 heterocycles. The molecule has 0 bridgehead atoms. The molecule has 2 nitrogen and oxygen atoms in total. The summed E-state index contributed by atoms with van der Waals surface area (Å²) in [7, 11) is 0. The number of aromatic nitrogens is 1. The summed E-state index contributed by atoms with van der Waals surface area (Å²) in [5, 5.41) is 4.69. The molecule has 1 unspecified atom stereocenters. The molecule has 0 saturated carbocycles. The van der Waals surface area contributed by atoms with E-state index in [-0.39, 0.29) is 0 Å². The van der Waals surface area contributed by atoms with Gasteiger partial charge in [0.1, 0.15) is 5.82 Å². The summed E-state index contributed by atoms with van der Waals surface area (Å²) in [4.78, 5) is 4.74. The molecule has 1 aromatic carbocycles. The number of aryl methyl sites for hydroxylation is 2. The van der Waals surface area contributed by atoms with Crippen molar-refractivity contribution in [3.8, 4) is 0 Å². The third kappa shape index (κ3) is 1.37. The summed E-state index contributed by atoms with van der Waals surface area (Å²) in [5.74, 6) is 1.08. The summed E-state index contributed by atoms with van der Waals surface area (Å²) in [6.45, 7) is 6.47. The van der Waals surface area contributed by atoms with Crippen LogP contribution in [0.4, 0.5) is 5.82 Å². The highest BCUT2D eigenvalue weighted by Gasteiger charge is 2.18. The van der Waals surface area contributed by atoms with E-state index >= 15 is 0 Å². The highest BCUT2D eigenvalue weighted by Crippen LogP contribution is 2.29. The van der Waals surface area contributed by atoms with Crippen molar-refractivity contribution < 1.29 is 0 Å². The zero-order valence-electron chi connectivity index (χ0n) is 9.96. The predicted octanol–water partition coefficient (Wildman–Crippen LogP) is 3.21. The maximum Gasteiger partial charge on any atom is 0.130 e. The number of anilines is 1. The summed E-state index contributed by atoms with van der Waals surface area (Å²) in [6.07, 6.45) is 1.09. The lowest BCUT2D eigenvalue weighted by molar-refractivity contribution is 0.839. The molecule has 1 aliphatic rings. The Morgan fingerprint density at radius 3 is 2.88 bits per heavy atom. The fourth-order valence-electron chi connectivity index (χ4n) is 2.59. The second-order valence-electron chi connectivity index (χ2n) is 4.90. The van der Waals surface area contributed by atoms with Crippen LogP contribution >= 0.6 is 0 Å². The molecule has 0 saturated heterocycles. The SMILES string of the molecule is Cc1cc(C)c2nc3c(cc2c1)CC(C)N3. The smallest absolute Gasteiger partial charge is 0.130 e. The lowest BCUT2D eigenvalue weighted by Gasteiger charge is -2.06. The molecule has 0 aliphatic carbocycles. The van der Waals surface area contributed by atoms with Crippen LogP contribution in [0, 0.1) is 13.8 Å². The van der Waals surface area contributed by atoms with Crippen molar-refractivity contribution in [2.24, 2.45) is 0 Å². The van der Waals surface area contributed by atoms with Crippen molar-refractivity contribution in [2.75, 3.05) is 5.32 Å². The number of fused-ring (bicyclic) bond motifs is 2. The van der Waals surface area contributed by atoms with Gasteiger partial charge >= 0.3 is 0 Å². The van der Waals surface area contributed by atoms with E-state index in [1.807, 2.05) is 0 Å². The van der Waals surface area contributed by atoms with Gasteiger partial charge in [-0.25, -0.2) is 4.98 Å². The second-order valence-corrected chi connectivity index (χ2v) is 4.90. The molecule has 16 heavy (non-hydrogen) atoms. The van der Waals surface area contributed by atoms with E-state index in [1.54, 1.807) is 0 Å². The van der Waals surface area contributed by atoms with E-state index in [0.717, 1.165) is 17.8 Å². The first kappa shape index (κ1) is 9.64. The fraction of sp³-hybridized carbons (Fsp3) is 0.357. The quantitative estimate of drug-likeness (QED) is 0.725. The molecular weight excluding hydrogens is 196 g/mol. The number of hydrogen-bond donors (Lipinski definition) is 1. The maximum atomic E-state index is 4.74. The van der Waals surface area contributed by atoms with Gasteiger partial charge in [0.25, 0.3) is 0 Å². The minimum Gasteiger partial charge on any atom is -0.367 e. The maximum absolute atomic E-state index is 4.74. The normalized spacial score (nSPS) is 18.6. The zero-order chi connectivity index (χ0) is 11.3. The topological polar surface area (TPSA) is 24.9 Å². The van der Waals surface area contributed by atoms with Crippen LogP contribution in [0.25, 0.3) is 10.9 Å². The number of nitrogens with one attached hydrogen (secondary N) is 1. The van der Waals surface area contributed by atoms with Gasteiger partial charge in [-0.2, -0.15) is 0 Å². The molecule has 2 aromatic rings. The van der Waals surface area contributed by atoms with Crippen molar-refractivity contribution in [2.45, 2.75) is 33.2 Å². The van der Waals surface area contributed by atoms with Gasteiger partial charge in [0.05, 0.1) is 5.52 Å². The standard InChI is InChI=1S/C14H16N2/c1-8-4-9(2)13-11(5-8)7-12-6-10(3)15-14(12)16-13/h4-5,7,10H,6H2,1-3H3,(H,15,16). The Morgan fingerprint density at radius 1 is 1.25 bits per heavy atom. The summed E-state index contributed by atoms with van der Waals surface area (Å²) in [5.41, 5.74) is 5.06. The van der Waals surface area contributed by atoms with Crippen LogP contribution in [0.5, 0.6) is 0 Å². The lowest BCUT2D eigenvalue weighted by Crippen LogP contribution is -2.08. The molecule has 1 N–H and O–H groups in total. The number of rotatable bonds is 0. The second kappa shape index (κ2) is 3.21. The average Bonchev–Trinajstić information content (AvgIpc) is 2.54. The summed E-state index contributed by atoms with van der Waals surface area (Å²) >= 11 is 0. The highest BCUT2D eigenvalue weighted by molar-refractivity contribution is 5.85. The van der Waals surface area contributed by atoms with Crippen LogP contribution in [0.1, 0.15) is 23.6 Å². The molecule has 0 spiro atoms. The third-order valence-corrected chi connectivity index (χ3v) is 3.24. The molecule has 0 radical (unpaired) electrons. The molecular formula is C14H16N2. The Hall–Kier alpha value is -1.57. The zero-order valence-corrected chi connectivity index (χ0v) is 9.96. The van der Waals surface area contributed by atoms with Crippen molar-refractivity contribution in [3.63, 3.8) is 0 Å². The molecule has 0 amide bonds. The average molecular weight is 212 g/mol. The molecule has 2 heteroatoms. The van der Waals surface area contributed by atoms with Gasteiger partial charge < -0.3 is 5.32 Å². The Morgan fingerprint density at radius 2 is 2.06 bits per heavy atom.